The van der Waals surface area contributed by atoms with Crippen LogP contribution < -0.4 is 0 Å². The molecule has 0 heterocycles. The quantitative estimate of drug-likeness (QED) is 0.407. The summed E-state index contributed by atoms with van der Waals surface area (Å²) in [5.74, 6) is 0. The molecule has 1 unspecified atom stereocenters. The maximum Gasteiger partial charge on any atom is 0.327 e. The maximum absolute atomic E-state index is 10.9. The van der Waals surface area contributed by atoms with Gasteiger partial charge in [-0.1, -0.05) is 26.7 Å². The summed E-state index contributed by atoms with van der Waals surface area (Å²) in [6.45, 7) is 4.15. The second-order valence-corrected chi connectivity index (χ2v) is 4.66. The van der Waals surface area contributed by atoms with E-state index in [1.54, 1.807) is 6.92 Å². The first-order valence-electron chi connectivity index (χ1n) is 4.08. The van der Waals surface area contributed by atoms with Gasteiger partial charge in [0.25, 0.3) is 0 Å². The van der Waals surface area contributed by atoms with Gasteiger partial charge >= 0.3 is 7.60 Å². The first-order valence-corrected chi connectivity index (χ1v) is 5.85. The summed E-state index contributed by atoms with van der Waals surface area (Å²) in [6, 6.07) is 0. The predicted molar refractivity (Wildman–Crippen MR) is 55.8 cm³/mol. The Morgan fingerprint density at radius 2 is 1.92 bits per heavy atom. The Morgan fingerprint density at radius 1 is 1.33 bits per heavy atom. The van der Waals surface area contributed by atoms with Gasteiger partial charge in [-0.25, -0.2) is 0 Å². The van der Waals surface area contributed by atoms with E-state index in [1.807, 2.05) is 0 Å². The van der Waals surface area contributed by atoms with E-state index < -0.39 is 7.60 Å². The lowest BCUT2D eigenvalue weighted by Gasteiger charge is -2.08. The van der Waals surface area contributed by atoms with Crippen molar-refractivity contribution < 1.29 is 14.0 Å². The van der Waals surface area contributed by atoms with Crippen molar-refractivity contribution in [2.24, 2.45) is 0 Å². The van der Waals surface area contributed by atoms with Crippen molar-refractivity contribution >= 4 is 25.0 Å². The number of unbranched alkanes of at least 4 members (excludes halogenated alkanes) is 2. The van der Waals surface area contributed by atoms with Gasteiger partial charge in [0.1, 0.15) is 0 Å². The lowest BCUT2D eigenvalue weighted by atomic mass is 10.3. The molecule has 5 heteroatoms. The van der Waals surface area contributed by atoms with Crippen LogP contribution in [0.3, 0.4) is 0 Å². The Hall–Kier alpha value is 0.682. The molecule has 0 saturated heterocycles. The molecule has 0 spiro atoms. The van der Waals surface area contributed by atoms with E-state index in [4.69, 9.17) is 9.42 Å². The third kappa shape index (κ3) is 8.78. The number of hydrogen-bond donors (Lipinski definition) is 1. The molecule has 0 radical (unpaired) electrons. The van der Waals surface area contributed by atoms with E-state index >= 15 is 0 Å². The fraction of sp³-hybridized carbons (Fsp3) is 1.00. The molecule has 0 amide bonds. The summed E-state index contributed by atoms with van der Waals surface area (Å²) in [6.07, 6.45) is 3.25. The molecule has 0 saturated carbocycles. The minimum atomic E-state index is -3.21. The van der Waals surface area contributed by atoms with Gasteiger partial charge in [-0.3, -0.25) is 4.57 Å². The van der Waals surface area contributed by atoms with Gasteiger partial charge in [-0.15, -0.1) is 0 Å². The standard InChI is InChI=1S/C7H17O3P.Al.3H/c1-3-5-6-7-10-11(8,9)4-2;;;;/h3-7H2,1-2H3,(H,8,9);;;;. The zero-order valence-corrected chi connectivity index (χ0v) is 8.14. The van der Waals surface area contributed by atoms with Crippen molar-refractivity contribution in [1.29, 1.82) is 0 Å². The molecule has 0 aliphatic heterocycles. The normalized spacial score (nSPS) is 14.9. The monoisotopic (exact) mass is 210 g/mol. The number of rotatable bonds is 6. The Bertz CT molecular complexity index is 141. The van der Waals surface area contributed by atoms with Crippen LogP contribution in [0.1, 0.15) is 33.1 Å². The zero-order chi connectivity index (χ0) is 8.74. The molecule has 0 bridgehead atoms. The molecule has 0 fully saturated rings. The number of hydrogen-bond acceptors (Lipinski definition) is 2. The van der Waals surface area contributed by atoms with E-state index in [-0.39, 0.29) is 23.5 Å². The van der Waals surface area contributed by atoms with Crippen molar-refractivity contribution in [3.05, 3.63) is 0 Å². The molecule has 0 aliphatic rings. The Balaban J connectivity index is 0. The highest BCUT2D eigenvalue weighted by Gasteiger charge is 2.14. The molecular weight excluding hydrogens is 190 g/mol. The van der Waals surface area contributed by atoms with Gasteiger partial charge in [0.2, 0.25) is 0 Å². The van der Waals surface area contributed by atoms with Gasteiger partial charge in [0, 0.05) is 6.16 Å². The Morgan fingerprint density at radius 3 is 2.33 bits per heavy atom. The fourth-order valence-corrected chi connectivity index (χ4v) is 1.25. The van der Waals surface area contributed by atoms with Crippen LogP contribution in [0.4, 0.5) is 0 Å². The van der Waals surface area contributed by atoms with Crippen LogP contribution in [0.2, 0.25) is 0 Å². The first-order chi connectivity index (χ1) is 5.12. The molecule has 0 aromatic rings. The molecule has 1 atom stereocenters. The topological polar surface area (TPSA) is 46.5 Å². The third-order valence-electron chi connectivity index (χ3n) is 1.44. The van der Waals surface area contributed by atoms with Crippen molar-refractivity contribution in [3.63, 3.8) is 0 Å². The van der Waals surface area contributed by atoms with Crippen molar-refractivity contribution in [2.45, 2.75) is 33.1 Å². The second kappa shape index (κ2) is 8.29. The van der Waals surface area contributed by atoms with Gasteiger partial charge in [-0.2, -0.15) is 0 Å². The largest absolute Gasteiger partial charge is 0.327 e. The van der Waals surface area contributed by atoms with E-state index in [2.05, 4.69) is 6.92 Å². The van der Waals surface area contributed by atoms with E-state index in [9.17, 15) is 4.57 Å². The van der Waals surface area contributed by atoms with Crippen LogP contribution in [0.25, 0.3) is 0 Å². The Kier molecular flexibility index (Phi) is 10.5. The summed E-state index contributed by atoms with van der Waals surface area (Å²) >= 11 is 0. The van der Waals surface area contributed by atoms with E-state index in [0.717, 1.165) is 19.3 Å². The minimum Gasteiger partial charge on any atom is -0.324 e. The summed E-state index contributed by atoms with van der Waals surface area (Å²) in [5, 5.41) is 0. The van der Waals surface area contributed by atoms with E-state index in [1.165, 1.54) is 0 Å². The van der Waals surface area contributed by atoms with Gasteiger partial charge in [-0.05, 0) is 6.42 Å². The van der Waals surface area contributed by atoms with E-state index in [0.29, 0.717) is 6.61 Å². The van der Waals surface area contributed by atoms with Crippen LogP contribution >= 0.6 is 7.60 Å². The highest BCUT2D eigenvalue weighted by atomic mass is 31.2. The maximum atomic E-state index is 10.9. The molecule has 74 valence electrons. The van der Waals surface area contributed by atoms with Gasteiger partial charge in [0.15, 0.2) is 17.4 Å². The smallest absolute Gasteiger partial charge is 0.324 e. The summed E-state index contributed by atoms with van der Waals surface area (Å²) in [4.78, 5) is 8.96. The SMILES string of the molecule is CCCCCOP(=O)(O)CC.[AlH3]. The molecule has 0 aliphatic carbocycles. The average Bonchev–Trinajstić information content (AvgIpc) is 1.99. The minimum absolute atomic E-state index is 0. The van der Waals surface area contributed by atoms with Crippen LogP contribution in [-0.4, -0.2) is 35.0 Å². The van der Waals surface area contributed by atoms with Crippen molar-refractivity contribution in [3.8, 4) is 0 Å². The first kappa shape index (κ1) is 15.2. The molecule has 0 rings (SSSR count). The Labute approximate surface area is 85.2 Å². The van der Waals surface area contributed by atoms with Crippen molar-refractivity contribution in [1.82, 2.24) is 0 Å². The lowest BCUT2D eigenvalue weighted by molar-refractivity contribution is 0.254. The predicted octanol–water partition coefficient (Wildman–Crippen LogP) is 1.21. The second-order valence-electron chi connectivity index (χ2n) is 2.49. The third-order valence-corrected chi connectivity index (χ3v) is 2.83. The highest BCUT2D eigenvalue weighted by molar-refractivity contribution is 7.52. The average molecular weight is 210 g/mol. The highest BCUT2D eigenvalue weighted by Crippen LogP contribution is 2.40. The zero-order valence-electron chi connectivity index (χ0n) is 7.25. The van der Waals surface area contributed by atoms with Crippen LogP contribution in [-0.2, 0) is 9.09 Å². The molecular formula is C7H20AlO3P. The molecule has 3 nitrogen and oxygen atoms in total. The van der Waals surface area contributed by atoms with Crippen LogP contribution in [0.5, 0.6) is 0 Å². The fourth-order valence-electron chi connectivity index (χ4n) is 0.651. The molecule has 1 N–H and O–H groups in total. The molecule has 0 aromatic carbocycles. The summed E-state index contributed by atoms with van der Waals surface area (Å²) < 4.78 is 15.7. The summed E-state index contributed by atoms with van der Waals surface area (Å²) in [5.41, 5.74) is 0. The molecule has 12 heavy (non-hydrogen) atoms. The van der Waals surface area contributed by atoms with Crippen molar-refractivity contribution in [2.75, 3.05) is 12.8 Å². The lowest BCUT2D eigenvalue weighted by Crippen LogP contribution is -1.94. The van der Waals surface area contributed by atoms with Gasteiger partial charge < -0.3 is 9.42 Å². The van der Waals surface area contributed by atoms with Gasteiger partial charge in [0.05, 0.1) is 6.61 Å². The summed E-state index contributed by atoms with van der Waals surface area (Å²) in [7, 11) is -3.21. The van der Waals surface area contributed by atoms with Crippen LogP contribution in [0, 0.1) is 0 Å². The van der Waals surface area contributed by atoms with Crippen LogP contribution in [0.15, 0.2) is 0 Å². The molecule has 0 aromatic heterocycles.